The zero-order valence-corrected chi connectivity index (χ0v) is 13.5. The van der Waals surface area contributed by atoms with Crippen molar-refractivity contribution in [3.63, 3.8) is 0 Å². The molecule has 0 aliphatic carbocycles. The van der Waals surface area contributed by atoms with Crippen LogP contribution in [0.5, 0.6) is 11.5 Å². The van der Waals surface area contributed by atoms with E-state index in [1.807, 2.05) is 6.07 Å². The molecule has 0 radical (unpaired) electrons. The molecule has 2 amide bonds. The highest BCUT2D eigenvalue weighted by molar-refractivity contribution is 6.10. The monoisotopic (exact) mass is 348 g/mol. The molecule has 0 aromatic heterocycles. The number of amides is 2. The van der Waals surface area contributed by atoms with E-state index in [2.05, 4.69) is 10.6 Å². The molecule has 5 nitrogen and oxygen atoms in total. The van der Waals surface area contributed by atoms with Crippen molar-refractivity contribution in [1.29, 1.82) is 0 Å². The average Bonchev–Trinajstić information content (AvgIpc) is 2.77. The van der Waals surface area contributed by atoms with Gasteiger partial charge in [0, 0.05) is 11.3 Å². The molecule has 0 saturated heterocycles. The maximum atomic E-state index is 13.3. The Hall–Kier alpha value is -3.67. The van der Waals surface area contributed by atoms with Crippen LogP contribution in [0.4, 0.5) is 15.8 Å². The first-order chi connectivity index (χ1) is 12.6. The normalized spacial score (nSPS) is 12.1. The fraction of sp³-hybridized carbons (Fsp3) is 0. The lowest BCUT2D eigenvalue weighted by molar-refractivity contribution is 0.101. The van der Waals surface area contributed by atoms with Crippen molar-refractivity contribution >= 4 is 23.2 Å². The highest BCUT2D eigenvalue weighted by Gasteiger charge is 2.21. The van der Waals surface area contributed by atoms with Crippen molar-refractivity contribution in [2.45, 2.75) is 0 Å². The molecule has 26 heavy (non-hydrogen) atoms. The summed E-state index contributed by atoms with van der Waals surface area (Å²) in [6, 6.07) is 17.2. The summed E-state index contributed by atoms with van der Waals surface area (Å²) >= 11 is 0. The first-order valence-corrected chi connectivity index (χ1v) is 7.89. The second-order valence-corrected chi connectivity index (χ2v) is 5.73. The second kappa shape index (κ2) is 6.33. The lowest BCUT2D eigenvalue weighted by Gasteiger charge is -2.10. The molecule has 128 valence electrons. The van der Waals surface area contributed by atoms with E-state index < -0.39 is 11.7 Å². The molecule has 0 unspecified atom stereocenters. The number of ether oxygens (including phenoxy) is 1. The van der Waals surface area contributed by atoms with E-state index in [1.165, 1.54) is 24.3 Å². The van der Waals surface area contributed by atoms with Gasteiger partial charge in [-0.15, -0.1) is 0 Å². The quantitative estimate of drug-likeness (QED) is 0.720. The summed E-state index contributed by atoms with van der Waals surface area (Å²) in [5.41, 5.74) is 1.45. The zero-order valence-electron chi connectivity index (χ0n) is 13.5. The van der Waals surface area contributed by atoms with Gasteiger partial charge in [-0.2, -0.15) is 0 Å². The molecule has 1 aliphatic rings. The summed E-state index contributed by atoms with van der Waals surface area (Å²) in [7, 11) is 0. The van der Waals surface area contributed by atoms with Crippen LogP contribution in [0.1, 0.15) is 20.7 Å². The molecule has 6 heteroatoms. The smallest absolute Gasteiger partial charge is 0.259 e. The lowest BCUT2D eigenvalue weighted by Crippen LogP contribution is -2.14. The number of hydrogen-bond donors (Lipinski definition) is 2. The van der Waals surface area contributed by atoms with Crippen LogP contribution >= 0.6 is 0 Å². The zero-order chi connectivity index (χ0) is 18.1. The summed E-state index contributed by atoms with van der Waals surface area (Å²) in [4.78, 5) is 24.7. The van der Waals surface area contributed by atoms with E-state index in [1.54, 1.807) is 30.3 Å². The van der Waals surface area contributed by atoms with Gasteiger partial charge in [-0.25, -0.2) is 4.39 Å². The fourth-order valence-electron chi connectivity index (χ4n) is 2.67. The number of hydrogen-bond acceptors (Lipinski definition) is 3. The van der Waals surface area contributed by atoms with Crippen LogP contribution < -0.4 is 15.4 Å². The summed E-state index contributed by atoms with van der Waals surface area (Å²) in [5.74, 6) is -0.382. The molecule has 0 atom stereocenters. The van der Waals surface area contributed by atoms with Crippen molar-refractivity contribution in [2.24, 2.45) is 0 Å². The van der Waals surface area contributed by atoms with Gasteiger partial charge in [0.1, 0.15) is 11.6 Å². The summed E-state index contributed by atoms with van der Waals surface area (Å²) < 4.78 is 19.1. The van der Waals surface area contributed by atoms with Crippen molar-refractivity contribution < 1.29 is 18.7 Å². The van der Waals surface area contributed by atoms with Gasteiger partial charge in [0.15, 0.2) is 5.75 Å². The van der Waals surface area contributed by atoms with Crippen LogP contribution in [0.2, 0.25) is 0 Å². The maximum Gasteiger partial charge on any atom is 0.259 e. The number of nitrogens with one attached hydrogen (secondary N) is 2. The van der Waals surface area contributed by atoms with Gasteiger partial charge in [-0.3, -0.25) is 9.59 Å². The summed E-state index contributed by atoms with van der Waals surface area (Å²) in [5, 5.41) is 5.43. The molecule has 2 N–H and O–H groups in total. The van der Waals surface area contributed by atoms with Gasteiger partial charge in [-0.1, -0.05) is 18.2 Å². The molecule has 3 aromatic rings. The van der Waals surface area contributed by atoms with Crippen molar-refractivity contribution in [3.8, 4) is 11.5 Å². The topological polar surface area (TPSA) is 67.4 Å². The predicted molar refractivity (Wildman–Crippen MR) is 95.3 cm³/mol. The van der Waals surface area contributed by atoms with E-state index >= 15 is 0 Å². The van der Waals surface area contributed by atoms with Crippen molar-refractivity contribution in [2.75, 3.05) is 10.6 Å². The van der Waals surface area contributed by atoms with E-state index in [-0.39, 0.29) is 11.5 Å². The van der Waals surface area contributed by atoms with Gasteiger partial charge < -0.3 is 15.4 Å². The van der Waals surface area contributed by atoms with Crippen LogP contribution in [-0.2, 0) is 0 Å². The minimum Gasteiger partial charge on any atom is -0.454 e. The number of anilines is 2. The third-order valence-corrected chi connectivity index (χ3v) is 3.92. The number of halogens is 1. The number of para-hydroxylation sites is 2. The van der Waals surface area contributed by atoms with E-state index in [9.17, 15) is 14.0 Å². The molecular formula is C20H13FN2O3. The van der Waals surface area contributed by atoms with Crippen molar-refractivity contribution in [1.82, 2.24) is 0 Å². The van der Waals surface area contributed by atoms with E-state index in [0.29, 0.717) is 28.4 Å². The standard InChI is InChI=1S/C20H13FN2O3/c21-13-5-3-4-12(10-13)19(24)22-14-8-9-17-15(11-14)20(25)23-16-6-1-2-7-18(16)26-17/h1-11H,(H,22,24)(H,23,25). The summed E-state index contributed by atoms with van der Waals surface area (Å²) in [6.07, 6.45) is 0. The molecule has 0 bridgehead atoms. The number of carbonyl (C=O) groups is 2. The van der Waals surface area contributed by atoms with Gasteiger partial charge in [0.05, 0.1) is 11.3 Å². The molecular weight excluding hydrogens is 335 g/mol. The molecule has 0 saturated carbocycles. The first-order valence-electron chi connectivity index (χ1n) is 7.89. The van der Waals surface area contributed by atoms with Crippen LogP contribution in [0.25, 0.3) is 0 Å². The third kappa shape index (κ3) is 3.00. The highest BCUT2D eigenvalue weighted by atomic mass is 19.1. The Labute approximate surface area is 148 Å². The molecule has 1 heterocycles. The van der Waals surface area contributed by atoms with Gasteiger partial charge in [0.25, 0.3) is 11.8 Å². The van der Waals surface area contributed by atoms with Crippen LogP contribution in [0.15, 0.2) is 66.7 Å². The number of carbonyl (C=O) groups excluding carboxylic acids is 2. The molecule has 0 spiro atoms. The highest BCUT2D eigenvalue weighted by Crippen LogP contribution is 2.36. The SMILES string of the molecule is O=C(Nc1ccc2c(c1)C(=O)Nc1ccccc1O2)c1cccc(F)c1. The largest absolute Gasteiger partial charge is 0.454 e. The molecule has 0 fully saturated rings. The molecule has 3 aromatic carbocycles. The number of rotatable bonds is 2. The van der Waals surface area contributed by atoms with E-state index in [0.717, 1.165) is 6.07 Å². The minimum absolute atomic E-state index is 0.188. The predicted octanol–water partition coefficient (Wildman–Crippen LogP) is 4.44. The molecule has 1 aliphatic heterocycles. The van der Waals surface area contributed by atoms with Crippen molar-refractivity contribution in [3.05, 3.63) is 83.7 Å². The van der Waals surface area contributed by atoms with Gasteiger partial charge in [-0.05, 0) is 48.5 Å². The van der Waals surface area contributed by atoms with E-state index in [4.69, 9.17) is 4.74 Å². The van der Waals surface area contributed by atoms with Gasteiger partial charge >= 0.3 is 0 Å². The summed E-state index contributed by atoms with van der Waals surface area (Å²) in [6.45, 7) is 0. The molecule has 4 rings (SSSR count). The first kappa shape index (κ1) is 15.8. The maximum absolute atomic E-state index is 13.3. The lowest BCUT2D eigenvalue weighted by atomic mass is 10.1. The number of benzene rings is 3. The Balaban J connectivity index is 1.63. The number of fused-ring (bicyclic) bond motifs is 2. The Bertz CT molecular complexity index is 1030. The minimum atomic E-state index is -0.495. The van der Waals surface area contributed by atoms with Crippen LogP contribution in [-0.4, -0.2) is 11.8 Å². The Morgan fingerprint density at radius 3 is 2.65 bits per heavy atom. The fourth-order valence-corrected chi connectivity index (χ4v) is 2.67. The Morgan fingerprint density at radius 1 is 0.962 bits per heavy atom. The second-order valence-electron chi connectivity index (χ2n) is 5.73. The van der Waals surface area contributed by atoms with Crippen LogP contribution in [0, 0.1) is 5.82 Å². The van der Waals surface area contributed by atoms with Crippen LogP contribution in [0.3, 0.4) is 0 Å². The Kier molecular flexibility index (Phi) is 3.85. The average molecular weight is 348 g/mol. The Morgan fingerprint density at radius 2 is 1.81 bits per heavy atom. The third-order valence-electron chi connectivity index (χ3n) is 3.92. The van der Waals surface area contributed by atoms with Gasteiger partial charge in [0.2, 0.25) is 0 Å².